The highest BCUT2D eigenvalue weighted by Gasteiger charge is 2.45. The number of allylic oxidation sites excluding steroid dienone is 2. The van der Waals surface area contributed by atoms with Gasteiger partial charge < -0.3 is 4.57 Å². The van der Waals surface area contributed by atoms with Gasteiger partial charge in [-0.1, -0.05) is 55.3 Å². The maximum atomic E-state index is 14.5. The molecule has 0 aliphatic rings. The molecule has 2 aromatic rings. The number of rotatable bonds is 7. The first kappa shape index (κ1) is 24.0. The SMILES string of the molecule is CCC=C(CC)P(=O)(C(=O)c1c(C)cc(C)cc1C)C(=O)c1c(C)cc(C)cc1C. The second-order valence-corrected chi connectivity index (χ2v) is 10.8. The lowest BCUT2D eigenvalue weighted by molar-refractivity contribution is 0.103. The zero-order chi connectivity index (χ0) is 22.8. The number of benzene rings is 2. The maximum absolute atomic E-state index is 14.5. The van der Waals surface area contributed by atoms with Gasteiger partial charge in [-0.25, -0.2) is 0 Å². The van der Waals surface area contributed by atoms with E-state index in [4.69, 9.17) is 0 Å². The Kier molecular flexibility index (Phi) is 7.42. The number of aryl methyl sites for hydroxylation is 6. The van der Waals surface area contributed by atoms with E-state index in [1.807, 2.05) is 79.7 Å². The molecule has 2 aromatic carbocycles. The van der Waals surface area contributed by atoms with E-state index >= 15 is 0 Å². The molecule has 160 valence electrons. The highest BCUT2D eigenvalue weighted by molar-refractivity contribution is 7.98. The van der Waals surface area contributed by atoms with Gasteiger partial charge in [0, 0.05) is 11.1 Å². The molecule has 0 saturated carbocycles. The lowest BCUT2D eigenvalue weighted by Crippen LogP contribution is -2.16. The lowest BCUT2D eigenvalue weighted by atomic mass is 10.0. The minimum Gasteiger partial charge on any atom is -0.302 e. The number of carbonyl (C=O) groups excluding carboxylic acids is 2. The summed E-state index contributed by atoms with van der Waals surface area (Å²) in [6.45, 7) is 15.1. The number of carbonyl (C=O) groups is 2. The normalized spacial score (nSPS) is 12.2. The average molecular weight is 425 g/mol. The van der Waals surface area contributed by atoms with Gasteiger partial charge >= 0.3 is 0 Å². The smallest absolute Gasteiger partial charge is 0.244 e. The molecule has 0 unspecified atom stereocenters. The van der Waals surface area contributed by atoms with Crippen LogP contribution in [0.4, 0.5) is 0 Å². The van der Waals surface area contributed by atoms with E-state index in [9.17, 15) is 14.2 Å². The topological polar surface area (TPSA) is 51.2 Å². The largest absolute Gasteiger partial charge is 0.302 e. The van der Waals surface area contributed by atoms with E-state index in [1.54, 1.807) is 6.08 Å². The molecule has 0 aromatic heterocycles. The standard InChI is InChI=1S/C26H33O3P/c1-9-11-22(10-2)30(29,25(27)23-18(5)12-16(3)13-19(23)6)26(28)24-20(7)14-17(4)15-21(24)8/h11-15H,9-10H2,1-8H3. The van der Waals surface area contributed by atoms with Crippen molar-refractivity contribution in [2.45, 2.75) is 68.2 Å². The van der Waals surface area contributed by atoms with Gasteiger partial charge in [0.05, 0.1) is 0 Å². The molecule has 30 heavy (non-hydrogen) atoms. The third-order valence-electron chi connectivity index (χ3n) is 5.56. The van der Waals surface area contributed by atoms with Crippen molar-refractivity contribution in [1.82, 2.24) is 0 Å². The summed E-state index contributed by atoms with van der Waals surface area (Å²) in [7, 11) is -4.03. The predicted molar refractivity (Wildman–Crippen MR) is 126 cm³/mol. The molecule has 0 bridgehead atoms. The summed E-state index contributed by atoms with van der Waals surface area (Å²) in [5.74, 6) is 0. The van der Waals surface area contributed by atoms with Crippen molar-refractivity contribution in [1.29, 1.82) is 0 Å². The Morgan fingerprint density at radius 3 is 1.33 bits per heavy atom. The Bertz CT molecular complexity index is 970. The van der Waals surface area contributed by atoms with Gasteiger partial charge in [0.1, 0.15) is 0 Å². The number of hydrogen-bond acceptors (Lipinski definition) is 3. The Morgan fingerprint density at radius 1 is 0.733 bits per heavy atom. The summed E-state index contributed by atoms with van der Waals surface area (Å²) < 4.78 is 14.5. The number of hydrogen-bond donors (Lipinski definition) is 0. The molecule has 0 aliphatic heterocycles. The van der Waals surface area contributed by atoms with E-state index in [0.29, 0.717) is 29.3 Å². The summed E-state index contributed by atoms with van der Waals surface area (Å²) >= 11 is 0. The van der Waals surface area contributed by atoms with Gasteiger partial charge in [-0.2, -0.15) is 0 Å². The molecule has 4 heteroatoms. The molecule has 0 heterocycles. The predicted octanol–water partition coefficient (Wildman–Crippen LogP) is 7.58. The summed E-state index contributed by atoms with van der Waals surface area (Å²) in [4.78, 5) is 27.7. The van der Waals surface area contributed by atoms with Crippen LogP contribution < -0.4 is 0 Å². The first-order chi connectivity index (χ1) is 14.0. The summed E-state index contributed by atoms with van der Waals surface area (Å²) in [5.41, 5.74) is 4.85. The van der Waals surface area contributed by atoms with E-state index in [2.05, 4.69) is 0 Å². The zero-order valence-electron chi connectivity index (χ0n) is 19.5. The third kappa shape index (κ3) is 4.27. The van der Waals surface area contributed by atoms with Gasteiger partial charge in [-0.15, -0.1) is 0 Å². The fraction of sp³-hybridized carbons (Fsp3) is 0.385. The minimum atomic E-state index is -4.03. The van der Waals surface area contributed by atoms with Crippen molar-refractivity contribution in [3.05, 3.63) is 80.2 Å². The quantitative estimate of drug-likeness (QED) is 0.430. The van der Waals surface area contributed by atoms with Crippen LogP contribution in [0.5, 0.6) is 0 Å². The van der Waals surface area contributed by atoms with E-state index < -0.39 is 18.2 Å². The summed E-state index contributed by atoms with van der Waals surface area (Å²) in [5, 5.41) is 0.457. The van der Waals surface area contributed by atoms with Gasteiger partial charge in [-0.3, -0.25) is 9.59 Å². The highest BCUT2D eigenvalue weighted by Crippen LogP contribution is 2.61. The van der Waals surface area contributed by atoms with Gasteiger partial charge in [-0.05, 0) is 82.0 Å². The van der Waals surface area contributed by atoms with E-state index in [-0.39, 0.29) is 0 Å². The lowest BCUT2D eigenvalue weighted by Gasteiger charge is -2.23. The monoisotopic (exact) mass is 424 g/mol. The van der Waals surface area contributed by atoms with Gasteiger partial charge in [0.2, 0.25) is 18.2 Å². The van der Waals surface area contributed by atoms with Crippen LogP contribution in [0.2, 0.25) is 0 Å². The summed E-state index contributed by atoms with van der Waals surface area (Å²) in [6.07, 6.45) is 2.82. The molecular weight excluding hydrogens is 391 g/mol. The van der Waals surface area contributed by atoms with Crippen LogP contribution in [0.15, 0.2) is 35.7 Å². The minimum absolute atomic E-state index is 0.399. The van der Waals surface area contributed by atoms with E-state index in [1.165, 1.54) is 0 Å². The highest BCUT2D eigenvalue weighted by atomic mass is 31.2. The molecule has 0 amide bonds. The van der Waals surface area contributed by atoms with Gasteiger partial charge in [0.15, 0.2) is 0 Å². The van der Waals surface area contributed by atoms with Crippen LogP contribution >= 0.6 is 7.14 Å². The Balaban J connectivity index is 2.85. The third-order valence-corrected chi connectivity index (χ3v) is 8.46. The van der Waals surface area contributed by atoms with Crippen LogP contribution in [0, 0.1) is 41.5 Å². The van der Waals surface area contributed by atoms with Crippen LogP contribution in [0.3, 0.4) is 0 Å². The van der Waals surface area contributed by atoms with Crippen LogP contribution in [-0.2, 0) is 4.57 Å². The van der Waals surface area contributed by atoms with Crippen molar-refractivity contribution < 1.29 is 14.2 Å². The molecule has 0 aliphatic carbocycles. The van der Waals surface area contributed by atoms with Crippen molar-refractivity contribution in [2.75, 3.05) is 0 Å². The molecule has 0 N–H and O–H groups in total. The van der Waals surface area contributed by atoms with Crippen LogP contribution in [-0.4, -0.2) is 11.0 Å². The molecule has 0 radical (unpaired) electrons. The van der Waals surface area contributed by atoms with Crippen LogP contribution in [0.25, 0.3) is 0 Å². The zero-order valence-corrected chi connectivity index (χ0v) is 20.4. The van der Waals surface area contributed by atoms with Crippen molar-refractivity contribution >= 4 is 18.2 Å². The van der Waals surface area contributed by atoms with E-state index in [0.717, 1.165) is 33.4 Å². The molecular formula is C26H33O3P. The molecule has 0 atom stereocenters. The van der Waals surface area contributed by atoms with Crippen molar-refractivity contribution in [2.24, 2.45) is 0 Å². The second-order valence-electron chi connectivity index (χ2n) is 8.22. The molecule has 0 saturated heterocycles. The first-order valence-corrected chi connectivity index (χ1v) is 12.2. The molecule has 3 nitrogen and oxygen atoms in total. The average Bonchev–Trinajstić information content (AvgIpc) is 2.63. The molecule has 0 spiro atoms. The Morgan fingerprint density at radius 2 is 1.07 bits per heavy atom. The van der Waals surface area contributed by atoms with Gasteiger partial charge in [0.25, 0.3) is 0 Å². The summed E-state index contributed by atoms with van der Waals surface area (Å²) in [6, 6.07) is 7.64. The van der Waals surface area contributed by atoms with Crippen molar-refractivity contribution in [3.63, 3.8) is 0 Å². The molecule has 2 rings (SSSR count). The fourth-order valence-corrected chi connectivity index (χ4v) is 7.36. The fourth-order valence-electron chi connectivity index (χ4n) is 4.43. The molecule has 0 fully saturated rings. The maximum Gasteiger partial charge on any atom is 0.244 e. The Hall–Kier alpha value is -2.25. The van der Waals surface area contributed by atoms with Crippen molar-refractivity contribution in [3.8, 4) is 0 Å². The first-order valence-electron chi connectivity index (χ1n) is 10.5. The van der Waals surface area contributed by atoms with Crippen LogP contribution in [0.1, 0.15) is 80.8 Å². The Labute approximate surface area is 181 Å². The second kappa shape index (κ2) is 9.27.